The molecule has 40 heavy (non-hydrogen) atoms. The molecule has 0 amide bonds. The van der Waals surface area contributed by atoms with Crippen LogP contribution in [0.15, 0.2) is 78.0 Å². The number of hydrogen-bond donors (Lipinski definition) is 4. The second kappa shape index (κ2) is 16.0. The van der Waals surface area contributed by atoms with Gasteiger partial charge in [0.15, 0.2) is 5.82 Å². The molecule has 0 aliphatic carbocycles. The highest BCUT2D eigenvalue weighted by Crippen LogP contribution is 2.33. The molecule has 3 unspecified atom stereocenters. The van der Waals surface area contributed by atoms with Gasteiger partial charge < -0.3 is 20.7 Å². The number of ether oxygens (including phenoxy) is 1. The number of halogens is 1. The quantitative estimate of drug-likeness (QED) is 0.0960. The molecule has 2 rings (SSSR count). The third-order valence-electron chi connectivity index (χ3n) is 7.64. The normalized spacial score (nSPS) is 13.8. The fraction of sp³-hybridized carbons (Fsp3) is 0.441. The van der Waals surface area contributed by atoms with Gasteiger partial charge in [0, 0.05) is 22.6 Å². The van der Waals surface area contributed by atoms with E-state index in [-0.39, 0.29) is 6.17 Å². The Kier molecular flexibility index (Phi) is 13.1. The van der Waals surface area contributed by atoms with Gasteiger partial charge in [0.2, 0.25) is 0 Å². The molecule has 0 heterocycles. The Morgan fingerprint density at radius 1 is 1.00 bits per heavy atom. The first-order chi connectivity index (χ1) is 19.1. The lowest BCUT2D eigenvalue weighted by Gasteiger charge is -2.29. The van der Waals surface area contributed by atoms with E-state index in [0.717, 1.165) is 46.8 Å². The van der Waals surface area contributed by atoms with E-state index in [1.807, 2.05) is 51.2 Å². The summed E-state index contributed by atoms with van der Waals surface area (Å²) >= 11 is 0. The van der Waals surface area contributed by atoms with Crippen LogP contribution in [0.5, 0.6) is 5.75 Å². The highest BCUT2D eigenvalue weighted by Gasteiger charge is 2.22. The number of rotatable bonds is 16. The molecular weight excluding hydrogens is 499 g/mol. The summed E-state index contributed by atoms with van der Waals surface area (Å²) in [5.74, 6) is 2.21. The zero-order valence-corrected chi connectivity index (χ0v) is 25.7. The smallest absolute Gasteiger partial charge is 0.152 e. The number of benzene rings is 2. The van der Waals surface area contributed by atoms with Crippen molar-refractivity contribution in [2.75, 3.05) is 24.3 Å². The van der Waals surface area contributed by atoms with E-state index in [1.54, 1.807) is 6.07 Å². The lowest BCUT2D eigenvalue weighted by molar-refractivity contribution is 0.330. The standard InChI is InChI=1S/C34H49FN4O/c1-11-22(5)25(8)33(23(6)12-2)26(9)37-34(36-10)30-20-29(17-18-31(30)40-14-4)39-32(13-3)38-28-16-15-24(7)27(19-28)21-35/h15-20,22-23,34,36-39H,3,9,11-12,14,21H2,1-2,4-8,10H3/b33-25+. The molecule has 0 fully saturated rings. The van der Waals surface area contributed by atoms with Crippen molar-refractivity contribution < 1.29 is 9.13 Å². The van der Waals surface area contributed by atoms with E-state index in [1.165, 1.54) is 11.1 Å². The molecular formula is C34H49FN4O. The van der Waals surface area contributed by atoms with Gasteiger partial charge in [-0.15, -0.1) is 0 Å². The molecule has 0 aromatic heterocycles. The minimum absolute atomic E-state index is 0.243. The SMILES string of the molecule is C=C=C(Nc1ccc(C)c(CF)c1)Nc1ccc(OCC)c(C(NC)NC(=C)/C(=C(\C)C(C)CC)C(C)CC)c1. The van der Waals surface area contributed by atoms with E-state index in [4.69, 9.17) is 4.74 Å². The Morgan fingerprint density at radius 2 is 1.62 bits per heavy atom. The van der Waals surface area contributed by atoms with Gasteiger partial charge >= 0.3 is 0 Å². The lowest BCUT2D eigenvalue weighted by atomic mass is 9.85. The van der Waals surface area contributed by atoms with E-state index in [9.17, 15) is 4.39 Å². The van der Waals surface area contributed by atoms with Gasteiger partial charge in [-0.05, 0) is 99.5 Å². The van der Waals surface area contributed by atoms with Crippen LogP contribution in [0, 0.1) is 18.8 Å². The zero-order valence-electron chi connectivity index (χ0n) is 25.7. The highest BCUT2D eigenvalue weighted by molar-refractivity contribution is 5.60. The van der Waals surface area contributed by atoms with Crippen LogP contribution >= 0.6 is 0 Å². The molecule has 0 saturated carbocycles. The number of nitrogens with one attached hydrogen (secondary N) is 4. The Balaban J connectivity index is 2.40. The molecule has 0 spiro atoms. The number of aryl methyl sites for hydroxylation is 1. The first-order valence-corrected chi connectivity index (χ1v) is 14.3. The zero-order chi connectivity index (χ0) is 29.8. The van der Waals surface area contributed by atoms with Gasteiger partial charge in [0.25, 0.3) is 0 Å². The van der Waals surface area contributed by atoms with E-state index >= 15 is 0 Å². The molecule has 4 N–H and O–H groups in total. The Bertz CT molecular complexity index is 1230. The van der Waals surface area contributed by atoms with Gasteiger partial charge in [-0.2, -0.15) is 0 Å². The van der Waals surface area contributed by atoms with E-state index in [0.29, 0.717) is 29.8 Å². The number of alkyl halides is 1. The van der Waals surface area contributed by atoms with Crippen molar-refractivity contribution in [3.05, 3.63) is 94.6 Å². The van der Waals surface area contributed by atoms with Gasteiger partial charge in [-0.1, -0.05) is 58.2 Å². The van der Waals surface area contributed by atoms with Crippen molar-refractivity contribution in [2.45, 2.75) is 74.1 Å². The van der Waals surface area contributed by atoms with Crippen molar-refractivity contribution >= 4 is 11.4 Å². The molecule has 2 aromatic rings. The Labute approximate surface area is 241 Å². The fourth-order valence-corrected chi connectivity index (χ4v) is 4.70. The van der Waals surface area contributed by atoms with E-state index < -0.39 is 6.67 Å². The summed E-state index contributed by atoms with van der Waals surface area (Å²) in [7, 11) is 1.92. The molecule has 6 heteroatoms. The molecule has 2 aromatic carbocycles. The maximum absolute atomic E-state index is 13.4. The highest BCUT2D eigenvalue weighted by atomic mass is 19.1. The summed E-state index contributed by atoms with van der Waals surface area (Å²) in [6.45, 7) is 23.4. The molecule has 5 nitrogen and oxygen atoms in total. The predicted molar refractivity (Wildman–Crippen MR) is 169 cm³/mol. The van der Waals surface area contributed by atoms with Crippen molar-refractivity contribution in [2.24, 2.45) is 11.8 Å². The average Bonchev–Trinajstić information content (AvgIpc) is 2.96. The van der Waals surface area contributed by atoms with Crippen molar-refractivity contribution in [1.29, 1.82) is 0 Å². The Morgan fingerprint density at radius 3 is 2.17 bits per heavy atom. The molecule has 0 bridgehead atoms. The summed E-state index contributed by atoms with van der Waals surface area (Å²) in [5.41, 5.74) is 10.6. The molecule has 0 radical (unpaired) electrons. The second-order valence-electron chi connectivity index (χ2n) is 10.3. The van der Waals surface area contributed by atoms with Crippen molar-refractivity contribution in [1.82, 2.24) is 10.6 Å². The molecule has 218 valence electrons. The minimum Gasteiger partial charge on any atom is -0.493 e. The van der Waals surface area contributed by atoms with E-state index in [2.05, 4.69) is 74.8 Å². The third-order valence-corrected chi connectivity index (χ3v) is 7.64. The summed E-state index contributed by atoms with van der Waals surface area (Å²) in [6, 6.07) is 11.6. The van der Waals surface area contributed by atoms with Crippen LogP contribution in [0.2, 0.25) is 0 Å². The van der Waals surface area contributed by atoms with Crippen molar-refractivity contribution in [3.8, 4) is 5.75 Å². The maximum Gasteiger partial charge on any atom is 0.152 e. The van der Waals surface area contributed by atoms with Crippen molar-refractivity contribution in [3.63, 3.8) is 0 Å². The molecule has 0 saturated heterocycles. The summed E-state index contributed by atoms with van der Waals surface area (Å²) < 4.78 is 19.4. The van der Waals surface area contributed by atoms with Gasteiger partial charge in [-0.25, -0.2) is 4.39 Å². The summed E-state index contributed by atoms with van der Waals surface area (Å²) in [5, 5.41) is 13.7. The summed E-state index contributed by atoms with van der Waals surface area (Å²) in [6.07, 6.45) is 1.88. The number of hydrogen-bond acceptors (Lipinski definition) is 5. The minimum atomic E-state index is -0.515. The predicted octanol–water partition coefficient (Wildman–Crippen LogP) is 8.74. The largest absolute Gasteiger partial charge is 0.493 e. The first kappa shape index (κ1) is 32.7. The van der Waals surface area contributed by atoms with Crippen LogP contribution in [-0.2, 0) is 6.67 Å². The summed E-state index contributed by atoms with van der Waals surface area (Å²) in [4.78, 5) is 0. The van der Waals surface area contributed by atoms with Crippen LogP contribution in [0.25, 0.3) is 0 Å². The van der Waals surface area contributed by atoms with Gasteiger partial charge in [-0.3, -0.25) is 5.32 Å². The second-order valence-corrected chi connectivity index (χ2v) is 10.3. The third kappa shape index (κ3) is 8.51. The number of anilines is 2. The topological polar surface area (TPSA) is 57.4 Å². The maximum atomic E-state index is 13.4. The Hall–Kier alpha value is -3.47. The van der Waals surface area contributed by atoms with Gasteiger partial charge in [0.05, 0.1) is 6.61 Å². The monoisotopic (exact) mass is 548 g/mol. The van der Waals surface area contributed by atoms with Crippen LogP contribution < -0.4 is 26.0 Å². The average molecular weight is 549 g/mol. The number of allylic oxidation sites excluding steroid dienone is 2. The molecule has 3 atom stereocenters. The lowest BCUT2D eigenvalue weighted by Crippen LogP contribution is -2.33. The van der Waals surface area contributed by atoms with Gasteiger partial charge in [0.1, 0.15) is 18.6 Å². The molecule has 0 aliphatic rings. The van der Waals surface area contributed by atoms with Crippen LogP contribution in [0.4, 0.5) is 15.8 Å². The van der Waals surface area contributed by atoms with Crippen LogP contribution in [0.3, 0.4) is 0 Å². The first-order valence-electron chi connectivity index (χ1n) is 14.3. The fourth-order valence-electron chi connectivity index (χ4n) is 4.70. The molecule has 0 aliphatic heterocycles. The van der Waals surface area contributed by atoms with Crippen LogP contribution in [0.1, 0.15) is 77.2 Å². The van der Waals surface area contributed by atoms with Crippen LogP contribution in [-0.4, -0.2) is 13.7 Å².